The van der Waals surface area contributed by atoms with Crippen molar-refractivity contribution in [3.8, 4) is 5.75 Å². The SMILES string of the molecule is OCc1cc(F)c(OCC2CCOCC2)c(F)c1. The van der Waals surface area contributed by atoms with E-state index in [4.69, 9.17) is 14.6 Å². The fourth-order valence-electron chi connectivity index (χ4n) is 1.96. The average Bonchev–Trinajstić information content (AvgIpc) is 2.38. The van der Waals surface area contributed by atoms with Crippen LogP contribution in [0.2, 0.25) is 0 Å². The van der Waals surface area contributed by atoms with Gasteiger partial charge >= 0.3 is 0 Å². The quantitative estimate of drug-likeness (QED) is 0.900. The van der Waals surface area contributed by atoms with Gasteiger partial charge in [0.05, 0.1) is 13.2 Å². The molecule has 0 bridgehead atoms. The summed E-state index contributed by atoms with van der Waals surface area (Å²) in [4.78, 5) is 0. The first-order valence-corrected chi connectivity index (χ1v) is 6.00. The van der Waals surface area contributed by atoms with Crippen molar-refractivity contribution >= 4 is 0 Å². The van der Waals surface area contributed by atoms with E-state index in [1.807, 2.05) is 0 Å². The summed E-state index contributed by atoms with van der Waals surface area (Å²) in [6.45, 7) is 1.23. The second-order valence-electron chi connectivity index (χ2n) is 4.41. The molecule has 0 amide bonds. The van der Waals surface area contributed by atoms with E-state index in [1.54, 1.807) is 0 Å². The van der Waals surface area contributed by atoms with Gasteiger partial charge in [0.1, 0.15) is 0 Å². The minimum atomic E-state index is -0.772. The second-order valence-corrected chi connectivity index (χ2v) is 4.41. The Labute approximate surface area is 104 Å². The van der Waals surface area contributed by atoms with Crippen LogP contribution < -0.4 is 4.74 Å². The molecular weight excluding hydrogens is 242 g/mol. The van der Waals surface area contributed by atoms with Gasteiger partial charge < -0.3 is 14.6 Å². The first-order valence-electron chi connectivity index (χ1n) is 6.00. The highest BCUT2D eigenvalue weighted by Crippen LogP contribution is 2.25. The molecule has 1 aliphatic heterocycles. The maximum atomic E-state index is 13.6. The van der Waals surface area contributed by atoms with Crippen molar-refractivity contribution < 1.29 is 23.4 Å². The van der Waals surface area contributed by atoms with E-state index in [-0.39, 0.29) is 23.8 Å². The maximum absolute atomic E-state index is 13.6. The highest BCUT2D eigenvalue weighted by Gasteiger charge is 2.18. The van der Waals surface area contributed by atoms with Crippen molar-refractivity contribution in [3.63, 3.8) is 0 Å². The summed E-state index contributed by atoms with van der Waals surface area (Å²) in [6.07, 6.45) is 1.69. The summed E-state index contributed by atoms with van der Waals surface area (Å²) in [5.41, 5.74) is 0.198. The Morgan fingerprint density at radius 3 is 2.39 bits per heavy atom. The highest BCUT2D eigenvalue weighted by atomic mass is 19.1. The molecule has 1 aromatic rings. The van der Waals surface area contributed by atoms with Gasteiger partial charge in [-0.25, -0.2) is 8.78 Å². The summed E-state index contributed by atoms with van der Waals surface area (Å²) in [7, 11) is 0. The topological polar surface area (TPSA) is 38.7 Å². The summed E-state index contributed by atoms with van der Waals surface area (Å²) in [6, 6.07) is 2.17. The van der Waals surface area contributed by atoms with Crippen LogP contribution in [-0.2, 0) is 11.3 Å². The van der Waals surface area contributed by atoms with Crippen LogP contribution in [0.1, 0.15) is 18.4 Å². The lowest BCUT2D eigenvalue weighted by atomic mass is 10.0. The number of aliphatic hydroxyl groups excluding tert-OH is 1. The fraction of sp³-hybridized carbons (Fsp3) is 0.538. The first kappa shape index (κ1) is 13.2. The third-order valence-corrected chi connectivity index (χ3v) is 3.04. The van der Waals surface area contributed by atoms with Gasteiger partial charge in [-0.15, -0.1) is 0 Å². The van der Waals surface area contributed by atoms with Gasteiger partial charge in [-0.2, -0.15) is 0 Å². The molecule has 1 N–H and O–H groups in total. The molecule has 1 saturated heterocycles. The van der Waals surface area contributed by atoms with E-state index in [1.165, 1.54) is 0 Å². The molecule has 0 aromatic heterocycles. The normalized spacial score (nSPS) is 16.8. The lowest BCUT2D eigenvalue weighted by molar-refractivity contribution is 0.0485. The molecule has 0 radical (unpaired) electrons. The molecule has 2 rings (SSSR count). The third kappa shape index (κ3) is 3.17. The maximum Gasteiger partial charge on any atom is 0.190 e. The molecule has 3 nitrogen and oxygen atoms in total. The van der Waals surface area contributed by atoms with Gasteiger partial charge in [-0.05, 0) is 36.5 Å². The first-order chi connectivity index (χ1) is 8.70. The Balaban J connectivity index is 2.00. The summed E-state index contributed by atoms with van der Waals surface area (Å²) >= 11 is 0. The Morgan fingerprint density at radius 2 is 1.83 bits per heavy atom. The number of hydrogen-bond acceptors (Lipinski definition) is 3. The van der Waals surface area contributed by atoms with Crippen LogP contribution in [0.3, 0.4) is 0 Å². The van der Waals surface area contributed by atoms with Crippen LogP contribution in [0.5, 0.6) is 5.75 Å². The zero-order valence-corrected chi connectivity index (χ0v) is 9.99. The van der Waals surface area contributed by atoms with Crippen LogP contribution in [-0.4, -0.2) is 24.9 Å². The molecule has 1 aromatic carbocycles. The predicted octanol–water partition coefficient (Wildman–Crippen LogP) is 2.26. The van der Waals surface area contributed by atoms with E-state index in [0.717, 1.165) is 25.0 Å². The molecule has 5 heteroatoms. The Bertz CT molecular complexity index is 380. The van der Waals surface area contributed by atoms with E-state index in [9.17, 15) is 8.78 Å². The highest BCUT2D eigenvalue weighted by molar-refractivity contribution is 5.31. The molecule has 18 heavy (non-hydrogen) atoms. The molecule has 0 unspecified atom stereocenters. The van der Waals surface area contributed by atoms with E-state index in [0.29, 0.717) is 13.2 Å². The van der Waals surface area contributed by atoms with Crippen molar-refractivity contribution in [3.05, 3.63) is 29.3 Å². The van der Waals surface area contributed by atoms with Gasteiger partial charge in [0.25, 0.3) is 0 Å². The summed E-state index contributed by atoms with van der Waals surface area (Å²) < 4.78 is 37.5. The molecular formula is C13H16F2O3. The second kappa shape index (κ2) is 6.11. The lowest BCUT2D eigenvalue weighted by Gasteiger charge is -2.22. The van der Waals surface area contributed by atoms with Crippen molar-refractivity contribution in [2.75, 3.05) is 19.8 Å². The Kier molecular flexibility index (Phi) is 4.49. The Morgan fingerprint density at radius 1 is 1.22 bits per heavy atom. The van der Waals surface area contributed by atoms with Crippen molar-refractivity contribution in [2.24, 2.45) is 5.92 Å². The zero-order valence-electron chi connectivity index (χ0n) is 9.99. The summed E-state index contributed by atoms with van der Waals surface area (Å²) in [5, 5.41) is 8.82. The van der Waals surface area contributed by atoms with E-state index >= 15 is 0 Å². The van der Waals surface area contributed by atoms with E-state index in [2.05, 4.69) is 0 Å². The lowest BCUT2D eigenvalue weighted by Crippen LogP contribution is -2.22. The largest absolute Gasteiger partial charge is 0.487 e. The minimum absolute atomic E-state index is 0.198. The van der Waals surface area contributed by atoms with Crippen LogP contribution in [0.25, 0.3) is 0 Å². The number of hydrogen-bond donors (Lipinski definition) is 1. The molecule has 100 valence electrons. The molecule has 1 heterocycles. The van der Waals surface area contributed by atoms with Gasteiger partial charge in [0.2, 0.25) is 0 Å². The molecule has 0 aliphatic carbocycles. The average molecular weight is 258 g/mol. The number of halogens is 2. The summed E-state index contributed by atoms with van der Waals surface area (Å²) in [5.74, 6) is -1.63. The minimum Gasteiger partial charge on any atom is -0.487 e. The standard InChI is InChI=1S/C13H16F2O3/c14-11-5-10(7-16)6-12(15)13(11)18-8-9-1-3-17-4-2-9/h5-6,9,16H,1-4,7-8H2. The van der Waals surface area contributed by atoms with Crippen LogP contribution in [0.4, 0.5) is 8.78 Å². The van der Waals surface area contributed by atoms with E-state index < -0.39 is 18.2 Å². The van der Waals surface area contributed by atoms with Gasteiger partial charge in [-0.1, -0.05) is 0 Å². The molecule has 0 saturated carbocycles. The molecule has 1 fully saturated rings. The van der Waals surface area contributed by atoms with Crippen LogP contribution in [0, 0.1) is 17.6 Å². The van der Waals surface area contributed by atoms with Crippen molar-refractivity contribution in [1.29, 1.82) is 0 Å². The number of rotatable bonds is 4. The van der Waals surface area contributed by atoms with Crippen LogP contribution >= 0.6 is 0 Å². The van der Waals surface area contributed by atoms with Crippen LogP contribution in [0.15, 0.2) is 12.1 Å². The third-order valence-electron chi connectivity index (χ3n) is 3.04. The Hall–Kier alpha value is -1.20. The van der Waals surface area contributed by atoms with Gasteiger partial charge in [-0.3, -0.25) is 0 Å². The van der Waals surface area contributed by atoms with Crippen molar-refractivity contribution in [2.45, 2.75) is 19.4 Å². The zero-order chi connectivity index (χ0) is 13.0. The monoisotopic (exact) mass is 258 g/mol. The van der Waals surface area contributed by atoms with Gasteiger partial charge in [0, 0.05) is 13.2 Å². The fourth-order valence-corrected chi connectivity index (χ4v) is 1.96. The number of ether oxygens (including phenoxy) is 2. The van der Waals surface area contributed by atoms with Gasteiger partial charge in [0.15, 0.2) is 17.4 Å². The molecule has 1 aliphatic rings. The number of benzene rings is 1. The smallest absolute Gasteiger partial charge is 0.190 e. The van der Waals surface area contributed by atoms with Crippen molar-refractivity contribution in [1.82, 2.24) is 0 Å². The molecule has 0 atom stereocenters. The molecule has 0 spiro atoms. The predicted molar refractivity (Wildman–Crippen MR) is 61.3 cm³/mol. The number of aliphatic hydroxyl groups is 1.